The zero-order valence-corrected chi connectivity index (χ0v) is 42.3. The van der Waals surface area contributed by atoms with Crippen LogP contribution in [0.15, 0.2) is 97.1 Å². The van der Waals surface area contributed by atoms with Gasteiger partial charge in [-0.05, 0) is 127 Å². The minimum absolute atomic E-state index is 0.588. The molecule has 0 bridgehead atoms. The van der Waals surface area contributed by atoms with Gasteiger partial charge in [0.2, 0.25) is 0 Å². The largest absolute Gasteiger partial charge is 0.510 e. The summed E-state index contributed by atoms with van der Waals surface area (Å²) in [5.41, 5.74) is 2.50. The molecule has 0 spiro atoms. The monoisotopic (exact) mass is 1000 g/mol. The van der Waals surface area contributed by atoms with Gasteiger partial charge in [0, 0.05) is 75.3 Å². The Hall–Kier alpha value is -4.75. The van der Waals surface area contributed by atoms with Crippen LogP contribution in [0.5, 0.6) is 11.5 Å². The van der Waals surface area contributed by atoms with E-state index in [1.54, 1.807) is 27.7 Å². The average Bonchev–Trinajstić information content (AvgIpc) is 3.32. The summed E-state index contributed by atoms with van der Waals surface area (Å²) in [6.07, 6.45) is 3.10. The summed E-state index contributed by atoms with van der Waals surface area (Å²) in [4.78, 5) is 32.8. The van der Waals surface area contributed by atoms with E-state index in [4.69, 9.17) is 75.3 Å². The van der Waals surface area contributed by atoms with Gasteiger partial charge in [0.1, 0.15) is 11.5 Å². The quantitative estimate of drug-likeness (QED) is 0.0609. The van der Waals surface area contributed by atoms with Crippen molar-refractivity contribution in [2.24, 2.45) is 0 Å². The number of hydrogen-bond donors (Lipinski definition) is 0. The molecule has 68 heavy (non-hydrogen) atoms. The fraction of sp³-hybridized carbons (Fsp3) is 0.415. The minimum Gasteiger partial charge on any atom is -0.494 e. The van der Waals surface area contributed by atoms with Crippen molar-refractivity contribution in [3.63, 3.8) is 0 Å². The van der Waals surface area contributed by atoms with Crippen LogP contribution < -0.4 is 19.3 Å². The number of hydrogen-bond acceptors (Lipinski definition) is 11. The Balaban J connectivity index is 0.769. The number of carbonyl (C=O) groups is 1. The Morgan fingerprint density at radius 1 is 0.529 bits per heavy atom. The summed E-state index contributed by atoms with van der Waals surface area (Å²) in [6.45, 7) is 18.0. The number of fused-ring (bicyclic) bond motifs is 2. The van der Waals surface area contributed by atoms with Gasteiger partial charge in [-0.2, -0.15) is 0 Å². The SMILES string of the molecule is CC(C)(OC(=O)OC(C)(C)c1ccc2ccc(OCCCCN3CCN(c4cccc(Cl)c4Cl)CC3)cc2n1)c1ccc2ccc(OCCCCN3CCN(c4cccc(Cl)c4Cl)CC3)cc2n1. The summed E-state index contributed by atoms with van der Waals surface area (Å²) in [6, 6.07) is 31.1. The highest BCUT2D eigenvalue weighted by atomic mass is 35.5. The zero-order chi connectivity index (χ0) is 47.8. The third kappa shape index (κ3) is 12.5. The van der Waals surface area contributed by atoms with Crippen LogP contribution in [0.4, 0.5) is 16.2 Å². The molecule has 15 heteroatoms. The number of piperazine rings is 2. The van der Waals surface area contributed by atoms with Gasteiger partial charge >= 0.3 is 6.16 Å². The average molecular weight is 1000 g/mol. The lowest BCUT2D eigenvalue weighted by molar-refractivity contribution is -0.0658. The highest BCUT2D eigenvalue weighted by Gasteiger charge is 2.34. The molecule has 2 aliphatic heterocycles. The molecule has 2 saturated heterocycles. The fourth-order valence-corrected chi connectivity index (χ4v) is 9.57. The van der Waals surface area contributed by atoms with Crippen molar-refractivity contribution in [3.05, 3.63) is 129 Å². The summed E-state index contributed by atoms with van der Waals surface area (Å²) in [5.74, 6) is 1.49. The van der Waals surface area contributed by atoms with E-state index in [1.165, 1.54) is 0 Å². The Labute approximate surface area is 420 Å². The van der Waals surface area contributed by atoms with E-state index in [2.05, 4.69) is 19.6 Å². The Morgan fingerprint density at radius 3 is 1.34 bits per heavy atom. The molecule has 0 atom stereocenters. The summed E-state index contributed by atoms with van der Waals surface area (Å²) >= 11 is 25.4. The number of halogens is 4. The predicted octanol–water partition coefficient (Wildman–Crippen LogP) is 12.7. The smallest absolute Gasteiger partial charge is 0.494 e. The van der Waals surface area contributed by atoms with E-state index in [0.29, 0.717) is 44.7 Å². The van der Waals surface area contributed by atoms with Crippen LogP contribution in [0.2, 0.25) is 20.1 Å². The molecule has 2 fully saturated rings. The second kappa shape index (κ2) is 22.3. The molecule has 6 aromatic rings. The molecule has 0 N–H and O–H groups in total. The van der Waals surface area contributed by atoms with Gasteiger partial charge in [-0.1, -0.05) is 70.7 Å². The van der Waals surface area contributed by atoms with Gasteiger partial charge in [-0.15, -0.1) is 0 Å². The lowest BCUT2D eigenvalue weighted by atomic mass is 10.0. The standard InChI is InChI=1S/C53H60Cl4N6O5/c1-52(2,47-21-17-37-15-19-39(35-43(37)58-47)65-33-7-5-23-60-25-29-62(30-26-60)45-13-9-11-41(54)49(45)56)67-51(64)68-53(3,4)48-22-18-38-16-20-40(36-44(38)59-48)66-34-8-6-24-61-27-31-63(32-28-61)46-14-10-12-42(55)50(46)57/h9-22,35-36H,5-8,23-34H2,1-4H3. The predicted molar refractivity (Wildman–Crippen MR) is 277 cm³/mol. The van der Waals surface area contributed by atoms with Crippen LogP contribution in [0.1, 0.15) is 64.8 Å². The van der Waals surface area contributed by atoms with Crippen LogP contribution in [-0.2, 0) is 20.7 Å². The third-order valence-corrected chi connectivity index (χ3v) is 14.4. The number of carbonyl (C=O) groups excluding carboxylic acids is 1. The number of pyridine rings is 2. The summed E-state index contributed by atoms with van der Waals surface area (Å²) in [5, 5.41) is 4.33. The third-order valence-electron chi connectivity index (χ3n) is 12.8. The molecule has 0 saturated carbocycles. The number of rotatable bonds is 18. The Kier molecular flexibility index (Phi) is 16.3. The second-order valence-corrected chi connectivity index (χ2v) is 20.1. The summed E-state index contributed by atoms with van der Waals surface area (Å²) < 4.78 is 24.2. The molecular formula is C53H60Cl4N6O5. The van der Waals surface area contributed by atoms with Gasteiger partial charge < -0.3 is 28.7 Å². The molecule has 360 valence electrons. The fourth-order valence-electron chi connectivity index (χ4n) is 8.74. The van der Waals surface area contributed by atoms with Crippen LogP contribution in [0, 0.1) is 0 Å². The molecule has 2 aromatic heterocycles. The van der Waals surface area contributed by atoms with E-state index in [1.807, 2.05) is 97.1 Å². The van der Waals surface area contributed by atoms with E-state index in [-0.39, 0.29) is 0 Å². The van der Waals surface area contributed by atoms with Gasteiger partial charge in [-0.25, -0.2) is 14.8 Å². The van der Waals surface area contributed by atoms with Crippen LogP contribution >= 0.6 is 46.4 Å². The number of nitrogens with zero attached hydrogens (tertiary/aromatic N) is 6. The molecule has 4 aromatic carbocycles. The highest BCUT2D eigenvalue weighted by molar-refractivity contribution is 6.44. The summed E-state index contributed by atoms with van der Waals surface area (Å²) in [7, 11) is 0. The molecule has 0 amide bonds. The molecular weight excluding hydrogens is 942 g/mol. The van der Waals surface area contributed by atoms with Crippen molar-refractivity contribution in [1.82, 2.24) is 19.8 Å². The molecule has 0 radical (unpaired) electrons. The first-order valence-electron chi connectivity index (χ1n) is 23.6. The maximum atomic E-state index is 13.4. The maximum Gasteiger partial charge on any atom is 0.510 e. The number of unbranched alkanes of at least 4 members (excludes halogenated alkanes) is 2. The van der Waals surface area contributed by atoms with E-state index in [0.717, 1.165) is 136 Å². The van der Waals surface area contributed by atoms with Crippen molar-refractivity contribution in [1.29, 1.82) is 0 Å². The van der Waals surface area contributed by atoms with Gasteiger partial charge in [0.25, 0.3) is 0 Å². The normalized spacial score (nSPS) is 15.2. The van der Waals surface area contributed by atoms with Crippen molar-refractivity contribution >= 4 is 85.7 Å². The number of ether oxygens (including phenoxy) is 4. The van der Waals surface area contributed by atoms with Crippen molar-refractivity contribution < 1.29 is 23.7 Å². The molecule has 2 aliphatic rings. The first kappa shape index (κ1) is 49.7. The van der Waals surface area contributed by atoms with E-state index >= 15 is 0 Å². The van der Waals surface area contributed by atoms with E-state index in [9.17, 15) is 4.79 Å². The maximum absolute atomic E-state index is 13.4. The molecule has 11 nitrogen and oxygen atoms in total. The lowest BCUT2D eigenvalue weighted by Crippen LogP contribution is -2.46. The number of aromatic nitrogens is 2. The van der Waals surface area contributed by atoms with Gasteiger partial charge in [0.05, 0.1) is 67.1 Å². The number of anilines is 2. The first-order chi connectivity index (χ1) is 32.7. The topological polar surface area (TPSA) is 92.7 Å². The second-order valence-electron chi connectivity index (χ2n) is 18.5. The van der Waals surface area contributed by atoms with Gasteiger partial charge in [-0.3, -0.25) is 9.80 Å². The lowest BCUT2D eigenvalue weighted by Gasteiger charge is -2.36. The van der Waals surface area contributed by atoms with Crippen LogP contribution in [-0.4, -0.2) is 105 Å². The Bertz CT molecular complexity index is 2510. The molecule has 0 unspecified atom stereocenters. The Morgan fingerprint density at radius 2 is 0.926 bits per heavy atom. The first-order valence-corrected chi connectivity index (χ1v) is 25.1. The van der Waals surface area contributed by atoms with Crippen molar-refractivity contribution in [3.8, 4) is 11.5 Å². The highest BCUT2D eigenvalue weighted by Crippen LogP contribution is 2.35. The minimum atomic E-state index is -1.09. The van der Waals surface area contributed by atoms with Crippen LogP contribution in [0.3, 0.4) is 0 Å². The number of benzene rings is 4. The molecule has 4 heterocycles. The van der Waals surface area contributed by atoms with E-state index < -0.39 is 17.4 Å². The van der Waals surface area contributed by atoms with Crippen molar-refractivity contribution in [2.75, 3.05) is 88.5 Å². The van der Waals surface area contributed by atoms with Crippen LogP contribution in [0.25, 0.3) is 21.8 Å². The van der Waals surface area contributed by atoms with Crippen molar-refractivity contribution in [2.45, 2.75) is 64.6 Å². The molecule has 0 aliphatic carbocycles. The molecule has 8 rings (SSSR count). The van der Waals surface area contributed by atoms with Gasteiger partial charge in [0.15, 0.2) is 11.2 Å². The zero-order valence-electron chi connectivity index (χ0n) is 39.3.